The highest BCUT2D eigenvalue weighted by atomic mass is 16.5. The molecular formula is C24H26N2O3. The minimum absolute atomic E-state index is 0.447. The highest BCUT2D eigenvalue weighted by molar-refractivity contribution is 5.83. The van der Waals surface area contributed by atoms with E-state index in [9.17, 15) is 5.11 Å². The van der Waals surface area contributed by atoms with E-state index in [1.807, 2.05) is 48.5 Å². The standard InChI is InChI=1S/C24H26N2O3/c1-28-23-11-8-18(14-24(23)29-13-5-4-12-25)16-26-17-22(27)21-10-9-19-6-2-3-7-20(19)15-21/h2-3,6-11,14-15,22,26-27H,4-5,13,16-17H2,1H3. The summed E-state index contributed by atoms with van der Waals surface area (Å²) in [5, 5.41) is 24.7. The summed E-state index contributed by atoms with van der Waals surface area (Å²) in [6, 6.07) is 22.0. The van der Waals surface area contributed by atoms with Crippen LogP contribution in [0, 0.1) is 11.3 Å². The lowest BCUT2D eigenvalue weighted by Crippen LogP contribution is -2.21. The van der Waals surface area contributed by atoms with Crippen molar-refractivity contribution in [3.63, 3.8) is 0 Å². The van der Waals surface area contributed by atoms with Crippen LogP contribution >= 0.6 is 0 Å². The third-order valence-electron chi connectivity index (χ3n) is 4.74. The number of hydrogen-bond donors (Lipinski definition) is 2. The van der Waals surface area contributed by atoms with Crippen molar-refractivity contribution in [3.8, 4) is 17.6 Å². The van der Waals surface area contributed by atoms with Crippen LogP contribution in [0.4, 0.5) is 0 Å². The quantitative estimate of drug-likeness (QED) is 0.503. The Bertz CT molecular complexity index is 981. The number of aliphatic hydroxyl groups is 1. The monoisotopic (exact) mass is 390 g/mol. The van der Waals surface area contributed by atoms with Gasteiger partial charge < -0.3 is 19.9 Å². The van der Waals surface area contributed by atoms with Gasteiger partial charge in [0.25, 0.3) is 0 Å². The molecule has 0 aliphatic heterocycles. The van der Waals surface area contributed by atoms with Crippen LogP contribution in [0.3, 0.4) is 0 Å². The maximum absolute atomic E-state index is 10.5. The second-order valence-electron chi connectivity index (χ2n) is 6.85. The van der Waals surface area contributed by atoms with E-state index in [4.69, 9.17) is 14.7 Å². The summed E-state index contributed by atoms with van der Waals surface area (Å²) in [5.41, 5.74) is 1.93. The fraction of sp³-hybridized carbons (Fsp3) is 0.292. The van der Waals surface area contributed by atoms with Crippen molar-refractivity contribution >= 4 is 10.8 Å². The molecule has 3 aromatic carbocycles. The van der Waals surface area contributed by atoms with Crippen molar-refractivity contribution in [3.05, 3.63) is 71.8 Å². The van der Waals surface area contributed by atoms with E-state index in [1.54, 1.807) is 7.11 Å². The largest absolute Gasteiger partial charge is 0.493 e. The first kappa shape index (κ1) is 20.7. The van der Waals surface area contributed by atoms with Crippen LogP contribution in [0.2, 0.25) is 0 Å². The summed E-state index contributed by atoms with van der Waals surface area (Å²) in [7, 11) is 1.61. The van der Waals surface area contributed by atoms with Crippen LogP contribution in [0.15, 0.2) is 60.7 Å². The zero-order chi connectivity index (χ0) is 20.5. The summed E-state index contributed by atoms with van der Waals surface area (Å²) in [4.78, 5) is 0. The number of fused-ring (bicyclic) bond motifs is 1. The molecule has 29 heavy (non-hydrogen) atoms. The van der Waals surface area contributed by atoms with Gasteiger partial charge >= 0.3 is 0 Å². The normalized spacial score (nSPS) is 11.8. The molecule has 1 unspecified atom stereocenters. The maximum atomic E-state index is 10.5. The van der Waals surface area contributed by atoms with Gasteiger partial charge in [-0.1, -0.05) is 42.5 Å². The Morgan fingerprint density at radius 1 is 1.03 bits per heavy atom. The number of unbranched alkanes of at least 4 members (excludes halogenated alkanes) is 1. The molecular weight excluding hydrogens is 364 g/mol. The number of benzene rings is 3. The van der Waals surface area contributed by atoms with Crippen molar-refractivity contribution in [2.24, 2.45) is 0 Å². The van der Waals surface area contributed by atoms with Gasteiger partial charge in [0.2, 0.25) is 0 Å². The second kappa shape index (κ2) is 10.5. The molecule has 0 radical (unpaired) electrons. The van der Waals surface area contributed by atoms with E-state index in [2.05, 4.69) is 23.5 Å². The van der Waals surface area contributed by atoms with Crippen LogP contribution in [-0.4, -0.2) is 25.4 Å². The Balaban J connectivity index is 1.56. The lowest BCUT2D eigenvalue weighted by Gasteiger charge is -2.15. The van der Waals surface area contributed by atoms with Gasteiger partial charge in [-0.15, -0.1) is 0 Å². The molecule has 0 fully saturated rings. The lowest BCUT2D eigenvalue weighted by molar-refractivity contribution is 0.174. The van der Waals surface area contributed by atoms with Gasteiger partial charge in [-0.3, -0.25) is 0 Å². The van der Waals surface area contributed by atoms with E-state index in [0.717, 1.165) is 21.9 Å². The molecule has 3 rings (SSSR count). The van der Waals surface area contributed by atoms with Gasteiger partial charge in [0.15, 0.2) is 11.5 Å². The number of nitrogens with one attached hydrogen (secondary N) is 1. The number of nitriles is 1. The Kier molecular flexibility index (Phi) is 7.46. The van der Waals surface area contributed by atoms with Crippen LogP contribution in [0.1, 0.15) is 30.1 Å². The smallest absolute Gasteiger partial charge is 0.161 e. The summed E-state index contributed by atoms with van der Waals surface area (Å²) in [6.07, 6.45) is 0.565. The molecule has 2 N–H and O–H groups in total. The highest BCUT2D eigenvalue weighted by Crippen LogP contribution is 2.28. The Hall–Kier alpha value is -3.07. The molecule has 0 aliphatic rings. The molecule has 0 saturated carbocycles. The fourth-order valence-electron chi connectivity index (χ4n) is 3.16. The van der Waals surface area contributed by atoms with Gasteiger partial charge in [-0.2, -0.15) is 5.26 Å². The summed E-state index contributed by atoms with van der Waals surface area (Å²) in [6.45, 7) is 1.52. The van der Waals surface area contributed by atoms with Gasteiger partial charge in [-0.25, -0.2) is 0 Å². The summed E-state index contributed by atoms with van der Waals surface area (Å²) in [5.74, 6) is 1.33. The van der Waals surface area contributed by atoms with E-state index < -0.39 is 6.10 Å². The fourth-order valence-corrected chi connectivity index (χ4v) is 3.16. The number of rotatable bonds is 10. The van der Waals surface area contributed by atoms with Gasteiger partial charge in [-0.05, 0) is 46.5 Å². The molecule has 3 aromatic rings. The van der Waals surface area contributed by atoms with Crippen molar-refractivity contribution in [2.45, 2.75) is 25.5 Å². The first-order valence-corrected chi connectivity index (χ1v) is 9.75. The van der Waals surface area contributed by atoms with Gasteiger partial charge in [0.05, 0.1) is 25.9 Å². The molecule has 0 aromatic heterocycles. The molecule has 0 amide bonds. The van der Waals surface area contributed by atoms with E-state index in [1.165, 1.54) is 0 Å². The number of methoxy groups -OCH3 is 1. The number of ether oxygens (including phenoxy) is 2. The predicted molar refractivity (Wildman–Crippen MR) is 114 cm³/mol. The Morgan fingerprint density at radius 2 is 1.86 bits per heavy atom. The molecule has 0 saturated heterocycles. The topological polar surface area (TPSA) is 74.5 Å². The number of aliphatic hydroxyl groups excluding tert-OH is 1. The van der Waals surface area contributed by atoms with E-state index in [-0.39, 0.29) is 0 Å². The number of hydrogen-bond acceptors (Lipinski definition) is 5. The van der Waals surface area contributed by atoms with Crippen LogP contribution in [0.5, 0.6) is 11.5 Å². The zero-order valence-corrected chi connectivity index (χ0v) is 16.6. The van der Waals surface area contributed by atoms with Gasteiger partial charge in [0.1, 0.15) is 0 Å². The first-order chi connectivity index (χ1) is 14.2. The van der Waals surface area contributed by atoms with Crippen molar-refractivity contribution < 1.29 is 14.6 Å². The van der Waals surface area contributed by atoms with Crippen molar-refractivity contribution in [2.75, 3.05) is 20.3 Å². The molecule has 150 valence electrons. The van der Waals surface area contributed by atoms with E-state index >= 15 is 0 Å². The number of nitrogens with zero attached hydrogens (tertiary/aromatic N) is 1. The average molecular weight is 390 g/mol. The van der Waals surface area contributed by atoms with Crippen LogP contribution in [-0.2, 0) is 6.54 Å². The van der Waals surface area contributed by atoms with Crippen molar-refractivity contribution in [1.29, 1.82) is 5.26 Å². The minimum Gasteiger partial charge on any atom is -0.493 e. The maximum Gasteiger partial charge on any atom is 0.161 e. The zero-order valence-electron chi connectivity index (χ0n) is 16.6. The first-order valence-electron chi connectivity index (χ1n) is 9.75. The average Bonchev–Trinajstić information content (AvgIpc) is 2.76. The molecule has 0 spiro atoms. The third kappa shape index (κ3) is 5.71. The molecule has 5 heteroatoms. The van der Waals surface area contributed by atoms with Crippen molar-refractivity contribution in [1.82, 2.24) is 5.32 Å². The molecule has 5 nitrogen and oxygen atoms in total. The van der Waals surface area contributed by atoms with Crippen LogP contribution < -0.4 is 14.8 Å². The molecule has 1 atom stereocenters. The summed E-state index contributed by atoms with van der Waals surface area (Å²) < 4.78 is 11.1. The highest BCUT2D eigenvalue weighted by Gasteiger charge is 2.09. The second-order valence-corrected chi connectivity index (χ2v) is 6.85. The minimum atomic E-state index is -0.584. The van der Waals surface area contributed by atoms with E-state index in [0.29, 0.717) is 44.0 Å². The Labute approximate surface area is 171 Å². The van der Waals surface area contributed by atoms with Crippen LogP contribution in [0.25, 0.3) is 10.8 Å². The van der Waals surface area contributed by atoms with Gasteiger partial charge in [0, 0.05) is 19.5 Å². The molecule has 0 bridgehead atoms. The third-order valence-corrected chi connectivity index (χ3v) is 4.74. The predicted octanol–water partition coefficient (Wildman–Crippen LogP) is 4.35. The molecule has 0 heterocycles. The SMILES string of the molecule is COc1ccc(CNCC(O)c2ccc3ccccc3c2)cc1OCCCC#N. The molecule has 0 aliphatic carbocycles. The Morgan fingerprint density at radius 3 is 2.66 bits per heavy atom. The summed E-state index contributed by atoms with van der Waals surface area (Å²) >= 11 is 0. The lowest BCUT2D eigenvalue weighted by atomic mass is 10.0.